The quantitative estimate of drug-likeness (QED) is 0.0261. The Morgan fingerprint density at radius 2 is 0.928 bits per heavy atom. The van der Waals surface area contributed by atoms with E-state index >= 15 is 0 Å². The topological polar surface area (TPSA) is 149 Å². The Balaban J connectivity index is 2.03. The van der Waals surface area contributed by atoms with Crippen molar-refractivity contribution in [2.45, 2.75) is 288 Å². The summed E-state index contributed by atoms with van der Waals surface area (Å²) in [5.74, 6) is -0.193. The first kappa shape index (κ1) is 64.6. The summed E-state index contributed by atoms with van der Waals surface area (Å²) in [5, 5.41) is 54.1. The Hall–Kier alpha value is -2.37. The minimum Gasteiger partial charge on any atom is -0.394 e. The van der Waals surface area contributed by atoms with Crippen LogP contribution in [0.25, 0.3) is 0 Å². The van der Waals surface area contributed by atoms with E-state index < -0.39 is 49.5 Å². The van der Waals surface area contributed by atoms with Crippen molar-refractivity contribution < 1.29 is 39.8 Å². The van der Waals surface area contributed by atoms with Crippen LogP contribution in [0.2, 0.25) is 0 Å². The first-order valence-corrected chi connectivity index (χ1v) is 28.6. The Morgan fingerprint density at radius 3 is 1.39 bits per heavy atom. The molecule has 1 heterocycles. The van der Waals surface area contributed by atoms with E-state index in [1.165, 1.54) is 167 Å². The van der Waals surface area contributed by atoms with Crippen LogP contribution in [0.5, 0.6) is 0 Å². The van der Waals surface area contributed by atoms with Gasteiger partial charge >= 0.3 is 0 Å². The minimum absolute atomic E-state index is 0.193. The molecule has 1 amide bonds. The lowest BCUT2D eigenvalue weighted by molar-refractivity contribution is -0.302. The summed E-state index contributed by atoms with van der Waals surface area (Å²) in [6.07, 6.45) is 61.7. The van der Waals surface area contributed by atoms with E-state index in [0.29, 0.717) is 6.42 Å². The third kappa shape index (κ3) is 38.9. The predicted molar refractivity (Wildman–Crippen MR) is 290 cm³/mol. The second kappa shape index (κ2) is 49.2. The standard InChI is InChI=1S/C60H107NO8/c1-3-5-7-9-11-13-14-15-16-17-18-19-20-21-22-23-24-25-26-27-28-29-30-31-32-33-34-35-36-37-38-39-40-42-44-46-48-50-56(64)61-53(54(63)49-47-45-43-41-12-10-8-6-4-2)52-68-60-59(67)58(66)57(65)55(51-62)69-60/h4,6,12,14-15,17-18,20-21,41,47,49,53-55,57-60,62-63,65-67H,3,5,7-11,13,16,19,22-40,42-46,48,50-52H2,1-2H3,(H,61,64)/b6-4+,15-14-,18-17-,21-20-,41-12+,49-47+. The van der Waals surface area contributed by atoms with Gasteiger partial charge in [-0.05, 0) is 77.6 Å². The average molecular weight is 971 g/mol. The zero-order valence-corrected chi connectivity index (χ0v) is 44.3. The normalized spacial score (nSPS) is 20.0. The van der Waals surface area contributed by atoms with Gasteiger partial charge in [-0.3, -0.25) is 4.79 Å². The van der Waals surface area contributed by atoms with Crippen LogP contribution in [0.4, 0.5) is 0 Å². The van der Waals surface area contributed by atoms with Gasteiger partial charge in [0.2, 0.25) is 5.91 Å². The van der Waals surface area contributed by atoms with E-state index in [0.717, 1.165) is 57.8 Å². The number of rotatable bonds is 48. The van der Waals surface area contributed by atoms with Gasteiger partial charge in [-0.15, -0.1) is 0 Å². The lowest BCUT2D eigenvalue weighted by atomic mass is 9.99. The fourth-order valence-electron chi connectivity index (χ4n) is 8.79. The van der Waals surface area contributed by atoms with Crippen LogP contribution < -0.4 is 5.32 Å². The minimum atomic E-state index is -1.57. The lowest BCUT2D eigenvalue weighted by Gasteiger charge is -2.40. The molecular weight excluding hydrogens is 863 g/mol. The molecule has 400 valence electrons. The van der Waals surface area contributed by atoms with Gasteiger partial charge in [0, 0.05) is 6.42 Å². The first-order valence-electron chi connectivity index (χ1n) is 28.6. The molecule has 69 heavy (non-hydrogen) atoms. The molecule has 0 aromatic rings. The van der Waals surface area contributed by atoms with E-state index in [2.05, 4.69) is 66.9 Å². The number of hydrogen-bond donors (Lipinski definition) is 6. The molecule has 9 nitrogen and oxygen atoms in total. The molecule has 0 aliphatic carbocycles. The van der Waals surface area contributed by atoms with Crippen LogP contribution in [0, 0.1) is 0 Å². The second-order valence-electron chi connectivity index (χ2n) is 19.7. The maximum Gasteiger partial charge on any atom is 0.220 e. The molecule has 6 N–H and O–H groups in total. The third-order valence-electron chi connectivity index (χ3n) is 13.3. The number of nitrogens with one attached hydrogen (secondary N) is 1. The summed E-state index contributed by atoms with van der Waals surface area (Å²) in [6, 6.07) is -0.827. The number of allylic oxidation sites excluding steroid dienone is 11. The Bertz CT molecular complexity index is 1310. The van der Waals surface area contributed by atoms with Crippen molar-refractivity contribution in [1.29, 1.82) is 0 Å². The van der Waals surface area contributed by atoms with Crippen LogP contribution >= 0.6 is 0 Å². The molecule has 7 unspecified atom stereocenters. The highest BCUT2D eigenvalue weighted by Crippen LogP contribution is 2.23. The highest BCUT2D eigenvalue weighted by Gasteiger charge is 2.44. The van der Waals surface area contributed by atoms with E-state index in [1.807, 2.05) is 19.1 Å². The molecule has 0 bridgehead atoms. The fourth-order valence-corrected chi connectivity index (χ4v) is 8.79. The molecule has 0 aromatic heterocycles. The molecule has 0 aromatic carbocycles. The Kier molecular flexibility index (Phi) is 46.1. The SMILES string of the molecule is C/C=C/CC/C=C/CC/C=C/C(O)C(COC1OC(CO)C(O)C(O)C1O)NC(=O)CCCCCCCCCCCCCCCCCCCCCCCC/C=C\C/C=C\C/C=C\CCCCCCC. The van der Waals surface area contributed by atoms with Gasteiger partial charge in [0.25, 0.3) is 0 Å². The summed E-state index contributed by atoms with van der Waals surface area (Å²) in [4.78, 5) is 13.0. The van der Waals surface area contributed by atoms with E-state index in [-0.39, 0.29) is 12.5 Å². The van der Waals surface area contributed by atoms with Gasteiger partial charge in [-0.1, -0.05) is 234 Å². The van der Waals surface area contributed by atoms with Crippen LogP contribution in [-0.2, 0) is 14.3 Å². The lowest BCUT2D eigenvalue weighted by Crippen LogP contribution is -2.60. The monoisotopic (exact) mass is 970 g/mol. The van der Waals surface area contributed by atoms with Crippen molar-refractivity contribution >= 4 is 5.91 Å². The molecule has 0 spiro atoms. The summed E-state index contributed by atoms with van der Waals surface area (Å²) in [5.41, 5.74) is 0. The van der Waals surface area contributed by atoms with Crippen molar-refractivity contribution in [1.82, 2.24) is 5.32 Å². The Labute approximate surface area is 423 Å². The number of amides is 1. The number of ether oxygens (including phenoxy) is 2. The molecule has 1 saturated heterocycles. The van der Waals surface area contributed by atoms with Crippen molar-refractivity contribution in [3.05, 3.63) is 72.9 Å². The second-order valence-corrected chi connectivity index (χ2v) is 19.7. The fraction of sp³-hybridized carbons (Fsp3) is 0.783. The first-order chi connectivity index (χ1) is 33.8. The van der Waals surface area contributed by atoms with Crippen LogP contribution in [0.15, 0.2) is 72.9 Å². The van der Waals surface area contributed by atoms with E-state index in [9.17, 15) is 30.3 Å². The number of hydrogen-bond acceptors (Lipinski definition) is 8. The molecular formula is C60H107NO8. The van der Waals surface area contributed by atoms with Crippen molar-refractivity contribution in [3.63, 3.8) is 0 Å². The highest BCUT2D eigenvalue weighted by molar-refractivity contribution is 5.76. The number of aliphatic hydroxyl groups is 5. The molecule has 7 atom stereocenters. The summed E-state index contributed by atoms with van der Waals surface area (Å²) >= 11 is 0. The maximum absolute atomic E-state index is 13.0. The van der Waals surface area contributed by atoms with Crippen LogP contribution in [-0.4, -0.2) is 87.5 Å². The van der Waals surface area contributed by atoms with E-state index in [4.69, 9.17) is 9.47 Å². The third-order valence-corrected chi connectivity index (χ3v) is 13.3. The zero-order valence-electron chi connectivity index (χ0n) is 44.3. The van der Waals surface area contributed by atoms with Gasteiger partial charge in [0.15, 0.2) is 6.29 Å². The van der Waals surface area contributed by atoms with Crippen molar-refractivity contribution in [3.8, 4) is 0 Å². The van der Waals surface area contributed by atoms with Gasteiger partial charge in [-0.2, -0.15) is 0 Å². The van der Waals surface area contributed by atoms with Gasteiger partial charge in [0.1, 0.15) is 24.4 Å². The molecule has 0 saturated carbocycles. The number of unbranched alkanes of at least 4 members (excludes halogenated alkanes) is 29. The molecule has 1 fully saturated rings. The zero-order chi connectivity index (χ0) is 50.1. The molecule has 1 aliphatic rings. The summed E-state index contributed by atoms with van der Waals surface area (Å²) in [7, 11) is 0. The van der Waals surface area contributed by atoms with Gasteiger partial charge in [0.05, 0.1) is 25.4 Å². The number of carbonyl (C=O) groups is 1. The summed E-state index contributed by atoms with van der Waals surface area (Å²) < 4.78 is 11.2. The van der Waals surface area contributed by atoms with Crippen LogP contribution in [0.1, 0.15) is 245 Å². The molecule has 1 aliphatic heterocycles. The largest absolute Gasteiger partial charge is 0.394 e. The molecule has 0 radical (unpaired) electrons. The summed E-state index contributed by atoms with van der Waals surface area (Å²) in [6.45, 7) is 3.51. The van der Waals surface area contributed by atoms with Gasteiger partial charge in [-0.25, -0.2) is 0 Å². The predicted octanol–water partition coefficient (Wildman–Crippen LogP) is 14.1. The molecule has 1 rings (SSSR count). The van der Waals surface area contributed by atoms with Crippen LogP contribution in [0.3, 0.4) is 0 Å². The van der Waals surface area contributed by atoms with Gasteiger partial charge < -0.3 is 40.3 Å². The maximum atomic E-state index is 13.0. The molecule has 9 heteroatoms. The van der Waals surface area contributed by atoms with E-state index in [1.54, 1.807) is 6.08 Å². The smallest absolute Gasteiger partial charge is 0.220 e. The number of aliphatic hydroxyl groups excluding tert-OH is 5. The van der Waals surface area contributed by atoms with Crippen molar-refractivity contribution in [2.24, 2.45) is 0 Å². The number of carbonyl (C=O) groups excluding carboxylic acids is 1. The average Bonchev–Trinajstić information content (AvgIpc) is 3.35. The Morgan fingerprint density at radius 1 is 0.522 bits per heavy atom. The van der Waals surface area contributed by atoms with Crippen molar-refractivity contribution in [2.75, 3.05) is 13.2 Å². The highest BCUT2D eigenvalue weighted by atomic mass is 16.7.